The smallest absolute Gasteiger partial charge is 0.240 e. The molecule has 4 rings (SSSR count). The normalized spacial score (nSPS) is 24.6. The maximum Gasteiger partial charge on any atom is 0.240 e. The minimum Gasteiger partial charge on any atom is -0.491 e. The molecule has 2 aromatic rings. The Labute approximate surface area is 196 Å². The van der Waals surface area contributed by atoms with E-state index < -0.39 is 20.9 Å². The Morgan fingerprint density at radius 2 is 1.81 bits per heavy atom. The topological polar surface area (TPSA) is 106 Å². The number of nitrogens with zero attached hydrogens (tertiary/aromatic N) is 3. The lowest BCUT2D eigenvalue weighted by Gasteiger charge is -2.40. The van der Waals surface area contributed by atoms with Crippen LogP contribution < -0.4 is 9.46 Å². The van der Waals surface area contributed by atoms with Crippen molar-refractivity contribution in [1.29, 1.82) is 10.5 Å². The van der Waals surface area contributed by atoms with Gasteiger partial charge in [-0.2, -0.15) is 10.5 Å². The zero-order chi connectivity index (χ0) is 21.4. The maximum atomic E-state index is 12.5. The molecule has 7 nitrogen and oxygen atoms in total. The van der Waals surface area contributed by atoms with Gasteiger partial charge in [-0.05, 0) is 30.3 Å². The van der Waals surface area contributed by atoms with Crippen LogP contribution in [-0.4, -0.2) is 46.1 Å². The van der Waals surface area contributed by atoms with Gasteiger partial charge in [0, 0.05) is 36.2 Å². The molecule has 0 bridgehead atoms. The maximum absolute atomic E-state index is 12.5. The van der Waals surface area contributed by atoms with Gasteiger partial charge in [0.2, 0.25) is 10.0 Å². The summed E-state index contributed by atoms with van der Waals surface area (Å²) in [6.45, 7) is 1.37. The predicted octanol–water partition coefficient (Wildman–Crippen LogP) is 2.83. The molecule has 2 aromatic carbocycles. The second-order valence-corrected chi connectivity index (χ2v) is 10.2. The lowest BCUT2D eigenvalue weighted by atomic mass is 9.62. The number of benzene rings is 2. The second-order valence-electron chi connectivity index (χ2n) is 7.56. The van der Waals surface area contributed by atoms with Crippen molar-refractivity contribution in [2.24, 2.45) is 5.41 Å². The largest absolute Gasteiger partial charge is 0.491 e. The van der Waals surface area contributed by atoms with E-state index in [0.717, 1.165) is 10.0 Å². The molecule has 1 fully saturated rings. The van der Waals surface area contributed by atoms with Crippen molar-refractivity contribution in [3.05, 3.63) is 58.6 Å². The van der Waals surface area contributed by atoms with E-state index in [0.29, 0.717) is 25.4 Å². The molecule has 2 atom stereocenters. The van der Waals surface area contributed by atoms with Crippen molar-refractivity contribution < 1.29 is 13.2 Å². The standard InChI is InChI=1S/C21H19BrN4O3S.ClH/c22-16-5-7-17(8-6-16)30(27,28)25-9-10-26-13-20(11-23)15-29-19-4-2-1-3-18(19)21(20,12-24)14-26;/h1-8,25H,9-10,13-15H2;1H. The first-order valence-electron chi connectivity index (χ1n) is 9.38. The Balaban J connectivity index is 0.00000272. The Bertz CT molecular complexity index is 1160. The molecular formula is C21H20BrClN4O3S. The van der Waals surface area contributed by atoms with E-state index >= 15 is 0 Å². The molecule has 31 heavy (non-hydrogen) atoms. The number of nitrogens with one attached hydrogen (secondary N) is 1. The van der Waals surface area contributed by atoms with Gasteiger partial charge in [-0.25, -0.2) is 13.1 Å². The molecule has 162 valence electrons. The molecule has 0 spiro atoms. The van der Waals surface area contributed by atoms with Crippen LogP contribution in [0, 0.1) is 28.1 Å². The van der Waals surface area contributed by atoms with Crippen LogP contribution in [0.5, 0.6) is 5.75 Å². The fourth-order valence-electron chi connectivity index (χ4n) is 4.28. The predicted molar refractivity (Wildman–Crippen MR) is 120 cm³/mol. The summed E-state index contributed by atoms with van der Waals surface area (Å²) in [7, 11) is -3.64. The van der Waals surface area contributed by atoms with Crippen LogP contribution in [0.3, 0.4) is 0 Å². The van der Waals surface area contributed by atoms with Gasteiger partial charge in [-0.3, -0.25) is 4.90 Å². The van der Waals surface area contributed by atoms with Crippen LogP contribution in [0.1, 0.15) is 5.56 Å². The van der Waals surface area contributed by atoms with Gasteiger partial charge in [0.15, 0.2) is 0 Å². The summed E-state index contributed by atoms with van der Waals surface area (Å²) in [5, 5.41) is 20.1. The van der Waals surface area contributed by atoms with E-state index in [1.165, 1.54) is 12.1 Å². The number of hydrogen-bond donors (Lipinski definition) is 1. The highest BCUT2D eigenvalue weighted by Crippen LogP contribution is 2.53. The summed E-state index contributed by atoms with van der Waals surface area (Å²) in [4.78, 5) is 2.15. The SMILES string of the molecule is Cl.N#CC12COc3ccccc3C1(C#N)CN(CCNS(=O)(=O)c1ccc(Br)cc1)C2. The number of fused-ring (bicyclic) bond motifs is 3. The molecule has 0 aromatic heterocycles. The summed E-state index contributed by atoms with van der Waals surface area (Å²) < 4.78 is 34.2. The van der Waals surface area contributed by atoms with Gasteiger partial charge in [-0.1, -0.05) is 34.1 Å². The van der Waals surface area contributed by atoms with Crippen molar-refractivity contribution in [2.45, 2.75) is 10.3 Å². The van der Waals surface area contributed by atoms with Gasteiger partial charge in [0.05, 0.1) is 17.0 Å². The third-order valence-corrected chi connectivity index (χ3v) is 7.85. The first-order valence-corrected chi connectivity index (χ1v) is 11.7. The molecule has 0 radical (unpaired) electrons. The molecule has 2 aliphatic rings. The number of rotatable bonds is 5. The zero-order valence-electron chi connectivity index (χ0n) is 16.4. The fourth-order valence-corrected chi connectivity index (χ4v) is 5.56. The second kappa shape index (κ2) is 8.78. The molecule has 2 aliphatic heterocycles. The minimum atomic E-state index is -3.64. The molecule has 0 saturated carbocycles. The van der Waals surface area contributed by atoms with Gasteiger partial charge in [0.1, 0.15) is 23.2 Å². The Kier molecular flexibility index (Phi) is 6.66. The molecule has 1 N–H and O–H groups in total. The van der Waals surface area contributed by atoms with E-state index in [4.69, 9.17) is 4.74 Å². The first kappa shape index (κ1) is 23.5. The summed E-state index contributed by atoms with van der Waals surface area (Å²) >= 11 is 3.29. The van der Waals surface area contributed by atoms with Gasteiger partial charge in [-0.15, -0.1) is 12.4 Å². The van der Waals surface area contributed by atoms with E-state index in [2.05, 4.69) is 32.8 Å². The van der Waals surface area contributed by atoms with Crippen LogP contribution in [0.2, 0.25) is 0 Å². The van der Waals surface area contributed by atoms with Gasteiger partial charge in [0.25, 0.3) is 0 Å². The lowest BCUT2D eigenvalue weighted by molar-refractivity contribution is 0.136. The molecule has 2 heterocycles. The van der Waals surface area contributed by atoms with E-state index in [1.807, 2.05) is 29.2 Å². The third-order valence-electron chi connectivity index (χ3n) is 5.84. The zero-order valence-corrected chi connectivity index (χ0v) is 19.6. The minimum absolute atomic E-state index is 0. The number of para-hydroxylation sites is 1. The fraction of sp³-hybridized carbons (Fsp3) is 0.333. The van der Waals surface area contributed by atoms with Crippen LogP contribution in [0.25, 0.3) is 0 Å². The highest BCUT2D eigenvalue weighted by Gasteiger charge is 2.63. The summed E-state index contributed by atoms with van der Waals surface area (Å²) in [5.41, 5.74) is -1.29. The van der Waals surface area contributed by atoms with Crippen molar-refractivity contribution in [1.82, 2.24) is 9.62 Å². The summed E-state index contributed by atoms with van der Waals surface area (Å²) in [6, 6.07) is 18.5. The molecule has 0 aliphatic carbocycles. The Morgan fingerprint density at radius 3 is 2.48 bits per heavy atom. The van der Waals surface area contributed by atoms with E-state index in [1.54, 1.807) is 12.1 Å². The van der Waals surface area contributed by atoms with Crippen molar-refractivity contribution >= 4 is 38.4 Å². The highest BCUT2D eigenvalue weighted by molar-refractivity contribution is 9.10. The number of likely N-dealkylation sites (tertiary alicyclic amines) is 1. The summed E-state index contributed by atoms with van der Waals surface area (Å²) in [5.74, 6) is 0.628. The molecule has 10 heteroatoms. The summed E-state index contributed by atoms with van der Waals surface area (Å²) in [6.07, 6.45) is 0. The number of halogens is 2. The first-order chi connectivity index (χ1) is 14.4. The number of nitriles is 2. The number of ether oxygens (including phenoxy) is 1. The number of hydrogen-bond acceptors (Lipinski definition) is 6. The van der Waals surface area contributed by atoms with Crippen LogP contribution >= 0.6 is 28.3 Å². The number of sulfonamides is 1. The van der Waals surface area contributed by atoms with Crippen LogP contribution in [0.15, 0.2) is 57.9 Å². The monoisotopic (exact) mass is 522 g/mol. The lowest BCUT2D eigenvalue weighted by Crippen LogP contribution is -2.50. The molecule has 0 amide bonds. The van der Waals surface area contributed by atoms with E-state index in [9.17, 15) is 18.9 Å². The van der Waals surface area contributed by atoms with Crippen molar-refractivity contribution in [3.8, 4) is 17.9 Å². The quantitative estimate of drug-likeness (QED) is 0.646. The van der Waals surface area contributed by atoms with Gasteiger partial charge < -0.3 is 4.74 Å². The van der Waals surface area contributed by atoms with E-state index in [-0.39, 0.29) is 30.5 Å². The van der Waals surface area contributed by atoms with Gasteiger partial charge >= 0.3 is 0 Å². The molecule has 1 saturated heterocycles. The molecule has 2 unspecified atom stereocenters. The Hall–Kier alpha value is -2.14. The third kappa shape index (κ3) is 3.93. The average Bonchev–Trinajstić information content (AvgIpc) is 3.09. The highest BCUT2D eigenvalue weighted by atomic mass is 79.9. The Morgan fingerprint density at radius 1 is 1.10 bits per heavy atom. The van der Waals surface area contributed by atoms with Crippen LogP contribution in [-0.2, 0) is 15.4 Å². The van der Waals surface area contributed by atoms with Crippen LogP contribution in [0.4, 0.5) is 0 Å². The van der Waals surface area contributed by atoms with Crippen molar-refractivity contribution in [3.63, 3.8) is 0 Å². The average molecular weight is 524 g/mol. The molecular weight excluding hydrogens is 504 g/mol. The van der Waals surface area contributed by atoms with Crippen molar-refractivity contribution in [2.75, 3.05) is 32.8 Å².